The number of carbonyl (C=O) groups excluding carboxylic acids is 1. The van der Waals surface area contributed by atoms with Crippen LogP contribution >= 0.6 is 7.60 Å². The first-order valence-corrected chi connectivity index (χ1v) is 6.72. The molecule has 0 aromatic heterocycles. The van der Waals surface area contributed by atoms with Gasteiger partial charge in [0, 0.05) is 7.11 Å². The largest absolute Gasteiger partial charge is 0.467 e. The average Bonchev–Trinajstić information content (AvgIpc) is 2.37. The van der Waals surface area contributed by atoms with Gasteiger partial charge < -0.3 is 9.26 Å². The molecule has 0 bridgehead atoms. The first-order valence-electron chi connectivity index (χ1n) is 5.00. The summed E-state index contributed by atoms with van der Waals surface area (Å²) in [5.41, 5.74) is 0.822. The fraction of sp³-hybridized carbons (Fsp3) is 0.364. The smallest absolute Gasteiger partial charge is 0.335 e. The molecule has 94 valence electrons. The second kappa shape index (κ2) is 6.55. The van der Waals surface area contributed by atoms with Gasteiger partial charge in [-0.05, 0) is 5.56 Å². The van der Waals surface area contributed by atoms with Gasteiger partial charge >= 0.3 is 13.6 Å². The number of hydrogen-bond donors (Lipinski definition) is 0. The lowest BCUT2D eigenvalue weighted by atomic mass is 10.2. The van der Waals surface area contributed by atoms with E-state index in [2.05, 4.69) is 4.74 Å². The Morgan fingerprint density at radius 2 is 1.88 bits per heavy atom. The minimum Gasteiger partial charge on any atom is -0.467 e. The summed E-state index contributed by atoms with van der Waals surface area (Å²) in [6, 6.07) is 9.14. The van der Waals surface area contributed by atoms with Crippen LogP contribution < -0.4 is 0 Å². The summed E-state index contributed by atoms with van der Waals surface area (Å²) < 4.78 is 26.4. The van der Waals surface area contributed by atoms with Crippen molar-refractivity contribution < 1.29 is 23.1 Å². The fourth-order valence-corrected chi connectivity index (χ4v) is 2.47. The van der Waals surface area contributed by atoms with Gasteiger partial charge in [0.2, 0.25) is 0 Å². The molecule has 0 aliphatic rings. The summed E-state index contributed by atoms with van der Waals surface area (Å²) in [6.45, 7) is -0.381. The Morgan fingerprint density at radius 1 is 1.24 bits per heavy atom. The number of ether oxygens (including phenoxy) is 1. The van der Waals surface area contributed by atoms with E-state index in [0.29, 0.717) is 0 Å². The molecule has 0 spiro atoms. The minimum atomic E-state index is -3.29. The molecule has 0 radical (unpaired) electrons. The number of hydrogen-bond acceptors (Lipinski definition) is 5. The third-order valence-electron chi connectivity index (χ3n) is 2.10. The van der Waals surface area contributed by atoms with Crippen molar-refractivity contribution >= 4 is 13.6 Å². The first kappa shape index (κ1) is 13.9. The van der Waals surface area contributed by atoms with Crippen molar-refractivity contribution in [3.05, 3.63) is 35.9 Å². The lowest BCUT2D eigenvalue weighted by Gasteiger charge is -2.15. The third-order valence-corrected chi connectivity index (χ3v) is 3.94. The molecule has 0 aliphatic carbocycles. The number of rotatable bonds is 6. The Kier molecular flexibility index (Phi) is 5.35. The van der Waals surface area contributed by atoms with Crippen molar-refractivity contribution in [1.82, 2.24) is 0 Å². The molecular formula is C11H15O5P. The van der Waals surface area contributed by atoms with Crippen LogP contribution in [-0.4, -0.2) is 26.8 Å². The van der Waals surface area contributed by atoms with E-state index < -0.39 is 13.6 Å². The van der Waals surface area contributed by atoms with E-state index in [0.717, 1.165) is 5.56 Å². The standard InChI is InChI=1S/C11H15O5P/c1-14-11(12)8-16-17(13,15-2)9-10-6-4-3-5-7-10/h3-7H,8-9H2,1-2H3. The van der Waals surface area contributed by atoms with Crippen molar-refractivity contribution in [3.8, 4) is 0 Å². The van der Waals surface area contributed by atoms with Crippen LogP contribution in [0, 0.1) is 0 Å². The van der Waals surface area contributed by atoms with Crippen molar-refractivity contribution in [2.24, 2.45) is 0 Å². The summed E-state index contributed by atoms with van der Waals surface area (Å²) >= 11 is 0. The Morgan fingerprint density at radius 3 is 2.41 bits per heavy atom. The molecule has 0 fully saturated rings. The first-order chi connectivity index (χ1) is 8.09. The molecule has 0 saturated carbocycles. The molecule has 17 heavy (non-hydrogen) atoms. The lowest BCUT2D eigenvalue weighted by molar-refractivity contribution is -0.143. The van der Waals surface area contributed by atoms with Crippen LogP contribution in [0.25, 0.3) is 0 Å². The summed E-state index contributed by atoms with van der Waals surface area (Å²) in [6.07, 6.45) is 0.126. The highest BCUT2D eigenvalue weighted by Crippen LogP contribution is 2.50. The van der Waals surface area contributed by atoms with Gasteiger partial charge in [0.1, 0.15) is 0 Å². The molecule has 0 saturated heterocycles. The van der Waals surface area contributed by atoms with Gasteiger partial charge in [-0.25, -0.2) is 4.79 Å². The molecule has 6 heteroatoms. The maximum atomic E-state index is 12.1. The topological polar surface area (TPSA) is 61.8 Å². The Labute approximate surface area is 100 Å². The van der Waals surface area contributed by atoms with Gasteiger partial charge in [0.15, 0.2) is 6.61 Å². The fourth-order valence-electron chi connectivity index (χ4n) is 1.18. The normalized spacial score (nSPS) is 14.0. The van der Waals surface area contributed by atoms with E-state index in [4.69, 9.17) is 9.05 Å². The molecule has 0 aliphatic heterocycles. The zero-order valence-electron chi connectivity index (χ0n) is 9.79. The highest BCUT2D eigenvalue weighted by molar-refractivity contribution is 7.53. The van der Waals surface area contributed by atoms with Gasteiger partial charge in [-0.3, -0.25) is 9.09 Å². The second-order valence-corrected chi connectivity index (χ2v) is 5.45. The quantitative estimate of drug-likeness (QED) is 0.578. The van der Waals surface area contributed by atoms with Crippen LogP contribution in [0.4, 0.5) is 0 Å². The second-order valence-electron chi connectivity index (χ2n) is 3.29. The van der Waals surface area contributed by atoms with Crippen molar-refractivity contribution in [3.63, 3.8) is 0 Å². The van der Waals surface area contributed by atoms with E-state index in [9.17, 15) is 9.36 Å². The number of esters is 1. The monoisotopic (exact) mass is 258 g/mol. The summed E-state index contributed by atoms with van der Waals surface area (Å²) in [7, 11) is -0.761. The molecular weight excluding hydrogens is 243 g/mol. The summed E-state index contributed by atoms with van der Waals surface area (Å²) in [5, 5.41) is 0. The van der Waals surface area contributed by atoms with Gasteiger partial charge in [-0.15, -0.1) is 0 Å². The summed E-state index contributed by atoms with van der Waals surface area (Å²) in [5.74, 6) is -0.588. The van der Waals surface area contributed by atoms with Crippen LogP contribution in [-0.2, 0) is 29.3 Å². The van der Waals surface area contributed by atoms with E-state index in [1.807, 2.05) is 30.3 Å². The van der Waals surface area contributed by atoms with Gasteiger partial charge in [0.25, 0.3) is 0 Å². The molecule has 1 atom stereocenters. The highest BCUT2D eigenvalue weighted by Gasteiger charge is 2.24. The molecule has 5 nitrogen and oxygen atoms in total. The number of methoxy groups -OCH3 is 1. The molecule has 1 aromatic carbocycles. The van der Waals surface area contributed by atoms with Crippen molar-refractivity contribution in [2.45, 2.75) is 6.16 Å². The highest BCUT2D eigenvalue weighted by atomic mass is 31.2. The molecule has 0 amide bonds. The Balaban J connectivity index is 2.63. The van der Waals surface area contributed by atoms with Gasteiger partial charge in [-0.1, -0.05) is 30.3 Å². The zero-order chi connectivity index (χ0) is 12.7. The predicted molar refractivity (Wildman–Crippen MR) is 62.7 cm³/mol. The molecule has 0 N–H and O–H groups in total. The van der Waals surface area contributed by atoms with Gasteiger partial charge in [-0.2, -0.15) is 0 Å². The van der Waals surface area contributed by atoms with Crippen LogP contribution in [0.15, 0.2) is 30.3 Å². The maximum absolute atomic E-state index is 12.1. The Hall–Kier alpha value is -1.16. The van der Waals surface area contributed by atoms with Crippen LogP contribution in [0.3, 0.4) is 0 Å². The minimum absolute atomic E-state index is 0.126. The summed E-state index contributed by atoms with van der Waals surface area (Å²) in [4.78, 5) is 10.9. The van der Waals surface area contributed by atoms with Crippen molar-refractivity contribution in [1.29, 1.82) is 0 Å². The van der Waals surface area contributed by atoms with Crippen molar-refractivity contribution in [2.75, 3.05) is 20.8 Å². The molecule has 1 rings (SSSR count). The van der Waals surface area contributed by atoms with Crippen LogP contribution in [0.5, 0.6) is 0 Å². The maximum Gasteiger partial charge on any atom is 0.335 e. The van der Waals surface area contributed by atoms with Gasteiger partial charge in [0.05, 0.1) is 13.3 Å². The predicted octanol–water partition coefficient (Wildman–Crippen LogP) is 2.22. The lowest BCUT2D eigenvalue weighted by Crippen LogP contribution is -2.10. The van der Waals surface area contributed by atoms with Crippen LogP contribution in [0.1, 0.15) is 5.56 Å². The average molecular weight is 258 g/mol. The molecule has 1 unspecified atom stereocenters. The van der Waals surface area contributed by atoms with E-state index in [1.165, 1.54) is 14.2 Å². The van der Waals surface area contributed by atoms with Crippen LogP contribution in [0.2, 0.25) is 0 Å². The Bertz CT molecular complexity index is 404. The molecule has 0 heterocycles. The van der Waals surface area contributed by atoms with E-state index in [-0.39, 0.29) is 12.8 Å². The number of benzene rings is 1. The zero-order valence-corrected chi connectivity index (χ0v) is 10.7. The van der Waals surface area contributed by atoms with E-state index >= 15 is 0 Å². The number of carbonyl (C=O) groups is 1. The van der Waals surface area contributed by atoms with E-state index in [1.54, 1.807) is 0 Å². The SMILES string of the molecule is COC(=O)COP(=O)(Cc1ccccc1)OC. The molecule has 1 aromatic rings. The third kappa shape index (κ3) is 4.69.